The summed E-state index contributed by atoms with van der Waals surface area (Å²) >= 11 is 19.3. The molecule has 2 rings (SSSR count). The molecule has 0 heterocycles. The van der Waals surface area contributed by atoms with Crippen molar-refractivity contribution in [1.82, 2.24) is 0 Å². The second-order valence-electron chi connectivity index (χ2n) is 4.20. The van der Waals surface area contributed by atoms with Crippen LogP contribution in [-0.4, -0.2) is 11.5 Å². The fraction of sp³-hybridized carbons (Fsp3) is 0.133. The second-order valence-corrected chi connectivity index (χ2v) is 6.53. The predicted octanol–water partition coefficient (Wildman–Crippen LogP) is 5.55. The van der Waals surface area contributed by atoms with Gasteiger partial charge in [0.1, 0.15) is 5.78 Å². The SMILES string of the molecule is O=C(CSc1cccc(Cl)c1)Cc1cc(Cl)ccc1Cl. The van der Waals surface area contributed by atoms with E-state index in [0.29, 0.717) is 20.8 Å². The molecule has 20 heavy (non-hydrogen) atoms. The molecule has 0 fully saturated rings. The number of benzene rings is 2. The number of ketones is 1. The van der Waals surface area contributed by atoms with Gasteiger partial charge in [0, 0.05) is 26.4 Å². The van der Waals surface area contributed by atoms with Gasteiger partial charge < -0.3 is 0 Å². The van der Waals surface area contributed by atoms with E-state index in [2.05, 4.69) is 0 Å². The van der Waals surface area contributed by atoms with Crippen LogP contribution in [-0.2, 0) is 11.2 Å². The van der Waals surface area contributed by atoms with Crippen molar-refractivity contribution in [2.75, 3.05) is 5.75 Å². The summed E-state index contributed by atoms with van der Waals surface area (Å²) in [5.74, 6) is 0.475. The van der Waals surface area contributed by atoms with Gasteiger partial charge in [0.2, 0.25) is 0 Å². The summed E-state index contributed by atoms with van der Waals surface area (Å²) in [4.78, 5) is 13.0. The monoisotopic (exact) mass is 344 g/mol. The van der Waals surface area contributed by atoms with Gasteiger partial charge in [0.05, 0.1) is 5.75 Å². The van der Waals surface area contributed by atoms with E-state index in [-0.39, 0.29) is 12.2 Å². The minimum atomic E-state index is 0.0964. The first kappa shape index (κ1) is 15.7. The topological polar surface area (TPSA) is 17.1 Å². The summed E-state index contributed by atoms with van der Waals surface area (Å²) in [5, 5.41) is 1.82. The van der Waals surface area contributed by atoms with Gasteiger partial charge in [-0.15, -0.1) is 11.8 Å². The number of carbonyl (C=O) groups is 1. The highest BCUT2D eigenvalue weighted by Gasteiger charge is 2.09. The highest BCUT2D eigenvalue weighted by molar-refractivity contribution is 8.00. The van der Waals surface area contributed by atoms with Crippen LogP contribution in [0.5, 0.6) is 0 Å². The average Bonchev–Trinajstić information content (AvgIpc) is 2.41. The van der Waals surface area contributed by atoms with Gasteiger partial charge in [-0.25, -0.2) is 0 Å². The van der Waals surface area contributed by atoms with Crippen LogP contribution in [0.15, 0.2) is 47.4 Å². The molecule has 0 unspecified atom stereocenters. The Hall–Kier alpha value is -0.670. The van der Waals surface area contributed by atoms with Gasteiger partial charge in [-0.3, -0.25) is 4.79 Å². The van der Waals surface area contributed by atoms with Crippen LogP contribution in [0.2, 0.25) is 15.1 Å². The summed E-state index contributed by atoms with van der Waals surface area (Å²) in [6, 6.07) is 12.6. The number of Topliss-reactive ketones (excluding diaryl/α,β-unsaturated/α-hetero) is 1. The molecule has 5 heteroatoms. The third kappa shape index (κ3) is 4.71. The summed E-state index contributed by atoms with van der Waals surface area (Å²) in [7, 11) is 0. The lowest BCUT2D eigenvalue weighted by atomic mass is 10.1. The molecule has 0 amide bonds. The summed E-state index contributed by atoms with van der Waals surface area (Å²) in [5.41, 5.74) is 0.760. The molecule has 0 aliphatic rings. The quantitative estimate of drug-likeness (QED) is 0.661. The fourth-order valence-corrected chi connectivity index (χ4v) is 3.11. The molecular weight excluding hydrogens is 335 g/mol. The maximum absolute atomic E-state index is 12.0. The van der Waals surface area contributed by atoms with E-state index < -0.39 is 0 Å². The standard InChI is InChI=1S/C15H11Cl3OS/c16-11-2-1-3-14(8-11)20-9-13(19)7-10-6-12(17)4-5-15(10)18/h1-6,8H,7,9H2. The largest absolute Gasteiger partial charge is 0.298 e. The fourth-order valence-electron chi connectivity index (χ4n) is 1.66. The van der Waals surface area contributed by atoms with E-state index in [9.17, 15) is 4.79 Å². The second kappa shape index (κ2) is 7.37. The lowest BCUT2D eigenvalue weighted by Crippen LogP contribution is -2.06. The molecule has 0 N–H and O–H groups in total. The molecule has 0 atom stereocenters. The molecule has 0 spiro atoms. The molecule has 104 valence electrons. The minimum absolute atomic E-state index is 0.0964. The number of rotatable bonds is 5. The lowest BCUT2D eigenvalue weighted by molar-refractivity contribution is -0.116. The van der Waals surface area contributed by atoms with Crippen LogP contribution < -0.4 is 0 Å². The maximum Gasteiger partial charge on any atom is 0.147 e. The molecule has 1 nitrogen and oxygen atoms in total. The van der Waals surface area contributed by atoms with Crippen LogP contribution in [0.3, 0.4) is 0 Å². The Labute approximate surface area is 137 Å². The third-order valence-electron chi connectivity index (χ3n) is 2.59. The zero-order valence-electron chi connectivity index (χ0n) is 10.4. The van der Waals surface area contributed by atoms with Gasteiger partial charge in [-0.05, 0) is 42.0 Å². The molecule has 2 aromatic carbocycles. The number of hydrogen-bond acceptors (Lipinski definition) is 2. The van der Waals surface area contributed by atoms with E-state index in [1.807, 2.05) is 18.2 Å². The summed E-state index contributed by atoms with van der Waals surface area (Å²) in [6.45, 7) is 0. The Morgan fingerprint density at radius 3 is 2.50 bits per heavy atom. The van der Waals surface area contributed by atoms with Crippen LogP contribution in [0.4, 0.5) is 0 Å². The number of carbonyl (C=O) groups excluding carboxylic acids is 1. The molecule has 0 aromatic heterocycles. The molecule has 0 saturated heterocycles. The molecule has 0 aliphatic carbocycles. The first-order chi connectivity index (χ1) is 9.54. The van der Waals surface area contributed by atoms with Crippen molar-refractivity contribution in [3.05, 3.63) is 63.1 Å². The number of halogens is 3. The zero-order chi connectivity index (χ0) is 14.5. The van der Waals surface area contributed by atoms with Crippen molar-refractivity contribution in [3.8, 4) is 0 Å². The normalized spacial score (nSPS) is 10.6. The van der Waals surface area contributed by atoms with Gasteiger partial charge in [-0.1, -0.05) is 40.9 Å². The lowest BCUT2D eigenvalue weighted by Gasteiger charge is -2.05. The number of hydrogen-bond donors (Lipinski definition) is 0. The Kier molecular flexibility index (Phi) is 5.79. The van der Waals surface area contributed by atoms with Crippen LogP contribution in [0, 0.1) is 0 Å². The summed E-state index contributed by atoms with van der Waals surface area (Å²) in [6.07, 6.45) is 0.285. The van der Waals surface area contributed by atoms with Gasteiger partial charge in [-0.2, -0.15) is 0 Å². The predicted molar refractivity (Wildman–Crippen MR) is 87.3 cm³/mol. The van der Waals surface area contributed by atoms with E-state index >= 15 is 0 Å². The van der Waals surface area contributed by atoms with Gasteiger partial charge >= 0.3 is 0 Å². The molecule has 0 aliphatic heterocycles. The van der Waals surface area contributed by atoms with Crippen molar-refractivity contribution in [3.63, 3.8) is 0 Å². The molecule has 0 bridgehead atoms. The average molecular weight is 346 g/mol. The Balaban J connectivity index is 1.94. The van der Waals surface area contributed by atoms with Crippen LogP contribution in [0.25, 0.3) is 0 Å². The van der Waals surface area contributed by atoms with Crippen LogP contribution >= 0.6 is 46.6 Å². The van der Waals surface area contributed by atoms with E-state index in [1.165, 1.54) is 11.8 Å². The smallest absolute Gasteiger partial charge is 0.147 e. The van der Waals surface area contributed by atoms with E-state index in [0.717, 1.165) is 10.5 Å². The van der Waals surface area contributed by atoms with E-state index in [1.54, 1.807) is 24.3 Å². The first-order valence-electron chi connectivity index (χ1n) is 5.88. The Morgan fingerprint density at radius 2 is 1.75 bits per heavy atom. The number of thioether (sulfide) groups is 1. The highest BCUT2D eigenvalue weighted by atomic mass is 35.5. The molecular formula is C15H11Cl3OS. The molecule has 0 radical (unpaired) electrons. The van der Waals surface area contributed by atoms with Crippen molar-refractivity contribution >= 4 is 52.3 Å². The van der Waals surface area contributed by atoms with Crippen molar-refractivity contribution < 1.29 is 4.79 Å². The van der Waals surface area contributed by atoms with Gasteiger partial charge in [0.15, 0.2) is 0 Å². The minimum Gasteiger partial charge on any atom is -0.298 e. The first-order valence-corrected chi connectivity index (χ1v) is 8.00. The van der Waals surface area contributed by atoms with Crippen molar-refractivity contribution in [2.24, 2.45) is 0 Å². The molecule has 0 saturated carbocycles. The van der Waals surface area contributed by atoms with Gasteiger partial charge in [0.25, 0.3) is 0 Å². The highest BCUT2D eigenvalue weighted by Crippen LogP contribution is 2.24. The maximum atomic E-state index is 12.0. The third-order valence-corrected chi connectivity index (χ3v) is 4.48. The molecule has 2 aromatic rings. The Bertz CT molecular complexity index is 628. The van der Waals surface area contributed by atoms with E-state index in [4.69, 9.17) is 34.8 Å². The van der Waals surface area contributed by atoms with Crippen molar-refractivity contribution in [2.45, 2.75) is 11.3 Å². The van der Waals surface area contributed by atoms with Crippen molar-refractivity contribution in [1.29, 1.82) is 0 Å². The van der Waals surface area contributed by atoms with Crippen LogP contribution in [0.1, 0.15) is 5.56 Å². The summed E-state index contributed by atoms with van der Waals surface area (Å²) < 4.78 is 0. The zero-order valence-corrected chi connectivity index (χ0v) is 13.5. The Morgan fingerprint density at radius 1 is 1.00 bits per heavy atom.